The Morgan fingerprint density at radius 3 is 3.07 bits per heavy atom. The number of nitrogens with zero attached hydrogens (tertiary/aromatic N) is 2. The SMILES string of the molecule is C[C@@H](O)CNC(=O)CCn1ccnc1. The molecule has 0 unspecified atom stereocenters. The molecule has 0 radical (unpaired) electrons. The fourth-order valence-corrected chi connectivity index (χ4v) is 1.000. The first-order chi connectivity index (χ1) is 6.68. The fourth-order valence-electron chi connectivity index (χ4n) is 1.000. The molecule has 0 aliphatic rings. The molecule has 2 N–H and O–H groups in total. The van der Waals surface area contributed by atoms with Gasteiger partial charge in [-0.1, -0.05) is 0 Å². The number of nitrogens with one attached hydrogen (secondary N) is 1. The molecule has 1 atom stereocenters. The molecule has 78 valence electrons. The van der Waals surface area contributed by atoms with Gasteiger partial charge in [0.25, 0.3) is 0 Å². The largest absolute Gasteiger partial charge is 0.392 e. The van der Waals surface area contributed by atoms with E-state index in [9.17, 15) is 4.79 Å². The lowest BCUT2D eigenvalue weighted by atomic mass is 10.3. The number of amides is 1. The number of imidazole rings is 1. The molecule has 0 saturated heterocycles. The van der Waals surface area contributed by atoms with Gasteiger partial charge in [0.2, 0.25) is 5.91 Å². The molecule has 1 aromatic rings. The predicted octanol–water partition coefficient (Wildman–Crippen LogP) is -0.230. The molecule has 1 rings (SSSR count). The van der Waals surface area contributed by atoms with Gasteiger partial charge in [-0.2, -0.15) is 0 Å². The quantitative estimate of drug-likeness (QED) is 0.685. The Bertz CT molecular complexity index is 270. The van der Waals surface area contributed by atoms with Crippen molar-refractivity contribution in [2.24, 2.45) is 0 Å². The van der Waals surface area contributed by atoms with Crippen LogP contribution in [0.4, 0.5) is 0 Å². The molecule has 1 heterocycles. The standard InChI is InChI=1S/C9H15N3O2/c1-8(13)6-11-9(14)2-4-12-5-3-10-7-12/h3,5,7-8,13H,2,4,6H2,1H3,(H,11,14)/t8-/m1/s1. The smallest absolute Gasteiger partial charge is 0.221 e. The molecule has 0 fully saturated rings. The van der Waals surface area contributed by atoms with Crippen molar-refractivity contribution in [3.63, 3.8) is 0 Å². The molecule has 0 saturated carbocycles. The molecule has 5 nitrogen and oxygen atoms in total. The Labute approximate surface area is 82.8 Å². The van der Waals surface area contributed by atoms with Crippen LogP contribution < -0.4 is 5.32 Å². The zero-order valence-electron chi connectivity index (χ0n) is 8.18. The van der Waals surface area contributed by atoms with Crippen molar-refractivity contribution in [3.8, 4) is 0 Å². The van der Waals surface area contributed by atoms with E-state index < -0.39 is 6.10 Å². The van der Waals surface area contributed by atoms with Crippen molar-refractivity contribution in [2.75, 3.05) is 6.54 Å². The van der Waals surface area contributed by atoms with Crippen LogP contribution in [0.2, 0.25) is 0 Å². The molecule has 0 aliphatic heterocycles. The van der Waals surface area contributed by atoms with Crippen LogP contribution in [0, 0.1) is 0 Å². The van der Waals surface area contributed by atoms with Crippen molar-refractivity contribution in [1.82, 2.24) is 14.9 Å². The van der Waals surface area contributed by atoms with E-state index in [1.165, 1.54) is 0 Å². The highest BCUT2D eigenvalue weighted by Gasteiger charge is 2.02. The van der Waals surface area contributed by atoms with Gasteiger partial charge in [0.05, 0.1) is 12.4 Å². The maximum Gasteiger partial charge on any atom is 0.221 e. The van der Waals surface area contributed by atoms with Gasteiger partial charge < -0.3 is 15.0 Å². The van der Waals surface area contributed by atoms with Gasteiger partial charge in [-0.25, -0.2) is 4.98 Å². The molecule has 0 aliphatic carbocycles. The van der Waals surface area contributed by atoms with Gasteiger partial charge in [-0.3, -0.25) is 4.79 Å². The van der Waals surface area contributed by atoms with E-state index in [1.54, 1.807) is 19.4 Å². The summed E-state index contributed by atoms with van der Waals surface area (Å²) >= 11 is 0. The van der Waals surface area contributed by atoms with Gasteiger partial charge in [0.1, 0.15) is 0 Å². The lowest BCUT2D eigenvalue weighted by molar-refractivity contribution is -0.121. The monoisotopic (exact) mass is 197 g/mol. The molecule has 0 spiro atoms. The highest BCUT2D eigenvalue weighted by Crippen LogP contribution is 1.90. The molecular weight excluding hydrogens is 182 g/mol. The van der Waals surface area contributed by atoms with Crippen LogP contribution in [0.1, 0.15) is 13.3 Å². The van der Waals surface area contributed by atoms with Crippen LogP contribution in [0.5, 0.6) is 0 Å². The normalized spacial score (nSPS) is 12.4. The van der Waals surface area contributed by atoms with Gasteiger partial charge >= 0.3 is 0 Å². The highest BCUT2D eigenvalue weighted by molar-refractivity contribution is 5.75. The molecule has 14 heavy (non-hydrogen) atoms. The summed E-state index contributed by atoms with van der Waals surface area (Å²) < 4.78 is 1.84. The van der Waals surface area contributed by atoms with Crippen LogP contribution in [0.15, 0.2) is 18.7 Å². The third-order valence-electron chi connectivity index (χ3n) is 1.75. The minimum absolute atomic E-state index is 0.0559. The van der Waals surface area contributed by atoms with Crippen LogP contribution in [0.3, 0.4) is 0 Å². The Morgan fingerprint density at radius 1 is 1.71 bits per heavy atom. The molecule has 5 heteroatoms. The number of rotatable bonds is 5. The Balaban J connectivity index is 2.15. The second-order valence-electron chi connectivity index (χ2n) is 3.20. The average Bonchev–Trinajstić information content (AvgIpc) is 2.63. The van der Waals surface area contributed by atoms with E-state index in [4.69, 9.17) is 5.11 Å². The van der Waals surface area contributed by atoms with Gasteiger partial charge in [0, 0.05) is 31.9 Å². The topological polar surface area (TPSA) is 67.2 Å². The first-order valence-electron chi connectivity index (χ1n) is 4.59. The third kappa shape index (κ3) is 4.04. The number of carbonyl (C=O) groups is 1. The van der Waals surface area contributed by atoms with Crippen LogP contribution >= 0.6 is 0 Å². The first-order valence-corrected chi connectivity index (χ1v) is 4.59. The molecule has 0 aromatic carbocycles. The maximum absolute atomic E-state index is 11.2. The van der Waals surface area contributed by atoms with Crippen molar-refractivity contribution in [2.45, 2.75) is 26.0 Å². The average molecular weight is 197 g/mol. The summed E-state index contributed by atoms with van der Waals surface area (Å²) in [5.41, 5.74) is 0. The molecular formula is C9H15N3O2. The number of hydrogen-bond donors (Lipinski definition) is 2. The maximum atomic E-state index is 11.2. The predicted molar refractivity (Wildman–Crippen MR) is 51.5 cm³/mol. The second kappa shape index (κ2) is 5.39. The summed E-state index contributed by atoms with van der Waals surface area (Å²) in [4.78, 5) is 15.1. The summed E-state index contributed by atoms with van der Waals surface area (Å²) in [6, 6.07) is 0. The third-order valence-corrected chi connectivity index (χ3v) is 1.75. The van der Waals surface area contributed by atoms with E-state index in [0.29, 0.717) is 19.5 Å². The summed E-state index contributed by atoms with van der Waals surface area (Å²) in [6.45, 7) is 2.56. The van der Waals surface area contributed by atoms with Crippen molar-refractivity contribution >= 4 is 5.91 Å². The molecule has 0 bridgehead atoms. The number of aliphatic hydroxyl groups excluding tert-OH is 1. The van der Waals surface area contributed by atoms with Gasteiger partial charge in [-0.15, -0.1) is 0 Å². The summed E-state index contributed by atoms with van der Waals surface area (Å²) in [5.74, 6) is -0.0559. The number of carbonyl (C=O) groups excluding carboxylic acids is 1. The summed E-state index contributed by atoms with van der Waals surface area (Å²) in [6.07, 6.45) is 5.06. The van der Waals surface area contributed by atoms with Gasteiger partial charge in [0.15, 0.2) is 0 Å². The van der Waals surface area contributed by atoms with Crippen LogP contribution in [0.25, 0.3) is 0 Å². The van der Waals surface area contributed by atoms with E-state index in [1.807, 2.05) is 10.8 Å². The molecule has 1 aromatic heterocycles. The number of aliphatic hydroxyl groups is 1. The van der Waals surface area contributed by atoms with E-state index in [-0.39, 0.29) is 5.91 Å². The molecule has 1 amide bonds. The van der Waals surface area contributed by atoms with E-state index in [0.717, 1.165) is 0 Å². The van der Waals surface area contributed by atoms with Crippen LogP contribution in [-0.2, 0) is 11.3 Å². The summed E-state index contributed by atoms with van der Waals surface area (Å²) in [7, 11) is 0. The highest BCUT2D eigenvalue weighted by atomic mass is 16.3. The van der Waals surface area contributed by atoms with Crippen molar-refractivity contribution < 1.29 is 9.90 Å². The number of aryl methyl sites for hydroxylation is 1. The first kappa shape index (κ1) is 10.7. The van der Waals surface area contributed by atoms with E-state index >= 15 is 0 Å². The minimum Gasteiger partial charge on any atom is -0.392 e. The Hall–Kier alpha value is -1.36. The Morgan fingerprint density at radius 2 is 2.50 bits per heavy atom. The second-order valence-corrected chi connectivity index (χ2v) is 3.20. The van der Waals surface area contributed by atoms with Gasteiger partial charge in [-0.05, 0) is 6.92 Å². The Kier molecular flexibility index (Phi) is 4.12. The van der Waals surface area contributed by atoms with E-state index in [2.05, 4.69) is 10.3 Å². The summed E-state index contributed by atoms with van der Waals surface area (Å²) in [5, 5.41) is 11.5. The zero-order valence-corrected chi connectivity index (χ0v) is 8.18. The lowest BCUT2D eigenvalue weighted by Crippen LogP contribution is -2.30. The number of aromatic nitrogens is 2. The van der Waals surface area contributed by atoms with Crippen molar-refractivity contribution in [3.05, 3.63) is 18.7 Å². The lowest BCUT2D eigenvalue weighted by Gasteiger charge is -2.06. The number of hydrogen-bond acceptors (Lipinski definition) is 3. The zero-order chi connectivity index (χ0) is 10.4. The van der Waals surface area contributed by atoms with Crippen LogP contribution in [-0.4, -0.2) is 33.2 Å². The minimum atomic E-state index is -0.493. The fraction of sp³-hybridized carbons (Fsp3) is 0.556. The van der Waals surface area contributed by atoms with Crippen molar-refractivity contribution in [1.29, 1.82) is 0 Å².